The monoisotopic (exact) mass is 322 g/mol. The molecule has 0 aliphatic carbocycles. The largest absolute Gasteiger partial charge is 0.350 e. The zero-order valence-corrected chi connectivity index (χ0v) is 13.7. The molecule has 0 saturated carbocycles. The molecule has 1 amide bonds. The standard InChI is InChI=1S/C16H19ClN2OS/c1-11-7-8-21-15(11)9-19-16(20)10-18-12(2)13-3-5-14(17)6-4-13/h3-8,12,18H,9-10H2,1-2H3,(H,19,20). The number of hydrogen-bond acceptors (Lipinski definition) is 3. The first-order valence-corrected chi connectivity index (χ1v) is 8.10. The van der Waals surface area contributed by atoms with Crippen LogP contribution in [0.4, 0.5) is 0 Å². The number of nitrogens with one attached hydrogen (secondary N) is 2. The Labute approximate surface area is 134 Å². The quantitative estimate of drug-likeness (QED) is 0.852. The Balaban J connectivity index is 1.76. The van der Waals surface area contributed by atoms with Crippen molar-refractivity contribution in [2.24, 2.45) is 0 Å². The zero-order chi connectivity index (χ0) is 15.2. The molecule has 0 radical (unpaired) electrons. The summed E-state index contributed by atoms with van der Waals surface area (Å²) in [6.07, 6.45) is 0. The summed E-state index contributed by atoms with van der Waals surface area (Å²) in [6.45, 7) is 4.98. The van der Waals surface area contributed by atoms with Gasteiger partial charge in [0, 0.05) is 15.9 Å². The van der Waals surface area contributed by atoms with Crippen molar-refractivity contribution < 1.29 is 4.79 Å². The SMILES string of the molecule is Cc1ccsc1CNC(=O)CNC(C)c1ccc(Cl)cc1. The maximum Gasteiger partial charge on any atom is 0.234 e. The van der Waals surface area contributed by atoms with E-state index >= 15 is 0 Å². The highest BCUT2D eigenvalue weighted by Gasteiger charge is 2.08. The molecule has 0 fully saturated rings. The Morgan fingerprint density at radius 1 is 1.29 bits per heavy atom. The van der Waals surface area contributed by atoms with Crippen LogP contribution < -0.4 is 10.6 Å². The fourth-order valence-electron chi connectivity index (χ4n) is 1.94. The molecule has 1 heterocycles. The highest BCUT2D eigenvalue weighted by Crippen LogP contribution is 2.16. The lowest BCUT2D eigenvalue weighted by atomic mass is 10.1. The normalized spacial score (nSPS) is 12.1. The molecule has 2 rings (SSSR count). The number of aryl methyl sites for hydroxylation is 1. The zero-order valence-electron chi connectivity index (χ0n) is 12.2. The Morgan fingerprint density at radius 3 is 2.62 bits per heavy atom. The molecule has 1 atom stereocenters. The van der Waals surface area contributed by atoms with E-state index in [4.69, 9.17) is 11.6 Å². The third kappa shape index (κ3) is 4.84. The number of thiophene rings is 1. The van der Waals surface area contributed by atoms with E-state index in [2.05, 4.69) is 23.6 Å². The van der Waals surface area contributed by atoms with Crippen molar-refractivity contribution in [3.8, 4) is 0 Å². The van der Waals surface area contributed by atoms with Crippen LogP contribution in [-0.4, -0.2) is 12.5 Å². The van der Waals surface area contributed by atoms with Gasteiger partial charge in [-0.3, -0.25) is 4.79 Å². The highest BCUT2D eigenvalue weighted by molar-refractivity contribution is 7.10. The van der Waals surface area contributed by atoms with E-state index in [9.17, 15) is 4.79 Å². The van der Waals surface area contributed by atoms with Crippen LogP contribution in [0.1, 0.15) is 29.0 Å². The number of rotatable bonds is 6. The van der Waals surface area contributed by atoms with Crippen LogP contribution in [0.3, 0.4) is 0 Å². The van der Waals surface area contributed by atoms with Crippen molar-refractivity contribution in [1.29, 1.82) is 0 Å². The van der Waals surface area contributed by atoms with Crippen molar-refractivity contribution in [2.75, 3.05) is 6.54 Å². The summed E-state index contributed by atoms with van der Waals surface area (Å²) in [7, 11) is 0. The van der Waals surface area contributed by atoms with Crippen LogP contribution in [0, 0.1) is 6.92 Å². The van der Waals surface area contributed by atoms with Gasteiger partial charge in [0.2, 0.25) is 5.91 Å². The molecule has 0 aliphatic rings. The lowest BCUT2D eigenvalue weighted by molar-refractivity contribution is -0.120. The third-order valence-corrected chi connectivity index (χ3v) is 4.63. The maximum atomic E-state index is 11.8. The van der Waals surface area contributed by atoms with E-state index in [1.165, 1.54) is 10.4 Å². The molecule has 1 aromatic heterocycles. The Hall–Kier alpha value is -1.36. The van der Waals surface area contributed by atoms with Crippen molar-refractivity contribution >= 4 is 28.8 Å². The minimum atomic E-state index is 0.00335. The van der Waals surface area contributed by atoms with Gasteiger partial charge >= 0.3 is 0 Å². The number of carbonyl (C=O) groups is 1. The van der Waals surface area contributed by atoms with Crippen molar-refractivity contribution in [3.05, 3.63) is 56.7 Å². The van der Waals surface area contributed by atoms with Gasteiger partial charge in [-0.2, -0.15) is 0 Å². The molecule has 0 bridgehead atoms. The lowest BCUT2D eigenvalue weighted by Crippen LogP contribution is -2.34. The molecule has 2 N–H and O–H groups in total. The number of hydrogen-bond donors (Lipinski definition) is 2. The minimum absolute atomic E-state index is 0.00335. The second-order valence-corrected chi connectivity index (χ2v) is 6.39. The number of amides is 1. The molecule has 3 nitrogen and oxygen atoms in total. The summed E-state index contributed by atoms with van der Waals surface area (Å²) in [6, 6.07) is 9.81. The van der Waals surface area contributed by atoms with Gasteiger partial charge in [0.25, 0.3) is 0 Å². The summed E-state index contributed by atoms with van der Waals surface area (Å²) in [4.78, 5) is 13.1. The number of benzene rings is 1. The summed E-state index contributed by atoms with van der Waals surface area (Å²) in [5.41, 5.74) is 2.34. The van der Waals surface area contributed by atoms with Crippen LogP contribution in [-0.2, 0) is 11.3 Å². The topological polar surface area (TPSA) is 41.1 Å². The van der Waals surface area contributed by atoms with Gasteiger partial charge < -0.3 is 10.6 Å². The van der Waals surface area contributed by atoms with E-state index in [1.54, 1.807) is 11.3 Å². The smallest absolute Gasteiger partial charge is 0.234 e. The molecular weight excluding hydrogens is 304 g/mol. The van der Waals surface area contributed by atoms with Crippen LogP contribution in [0.2, 0.25) is 5.02 Å². The fraction of sp³-hybridized carbons (Fsp3) is 0.312. The van der Waals surface area contributed by atoms with Crippen LogP contribution in [0.25, 0.3) is 0 Å². The van der Waals surface area contributed by atoms with Gasteiger partial charge in [0.15, 0.2) is 0 Å². The second kappa shape index (κ2) is 7.59. The third-order valence-electron chi connectivity index (χ3n) is 3.35. The van der Waals surface area contributed by atoms with E-state index < -0.39 is 0 Å². The van der Waals surface area contributed by atoms with Crippen molar-refractivity contribution in [3.63, 3.8) is 0 Å². The first-order valence-electron chi connectivity index (χ1n) is 6.85. The van der Waals surface area contributed by atoms with Gasteiger partial charge in [-0.25, -0.2) is 0 Å². The van der Waals surface area contributed by atoms with Crippen LogP contribution in [0.5, 0.6) is 0 Å². The van der Waals surface area contributed by atoms with E-state index in [1.807, 2.05) is 36.6 Å². The van der Waals surface area contributed by atoms with Gasteiger partial charge in [-0.15, -0.1) is 11.3 Å². The van der Waals surface area contributed by atoms with E-state index in [0.29, 0.717) is 13.1 Å². The maximum absolute atomic E-state index is 11.8. The summed E-state index contributed by atoms with van der Waals surface area (Å²) >= 11 is 7.53. The Kier molecular flexibility index (Phi) is 5.79. The minimum Gasteiger partial charge on any atom is -0.350 e. The molecule has 5 heteroatoms. The predicted molar refractivity (Wildman–Crippen MR) is 88.8 cm³/mol. The van der Waals surface area contributed by atoms with Gasteiger partial charge in [0.1, 0.15) is 0 Å². The average molecular weight is 323 g/mol. The molecule has 1 unspecified atom stereocenters. The first kappa shape index (κ1) is 16.0. The molecule has 0 saturated heterocycles. The molecule has 2 aromatic rings. The van der Waals surface area contributed by atoms with E-state index in [-0.39, 0.29) is 11.9 Å². The molecule has 0 spiro atoms. The molecule has 21 heavy (non-hydrogen) atoms. The molecular formula is C16H19ClN2OS. The number of carbonyl (C=O) groups excluding carboxylic acids is 1. The van der Waals surface area contributed by atoms with Crippen LogP contribution in [0.15, 0.2) is 35.7 Å². The summed E-state index contributed by atoms with van der Waals surface area (Å²) < 4.78 is 0. The fourth-order valence-corrected chi connectivity index (χ4v) is 2.91. The van der Waals surface area contributed by atoms with Gasteiger partial charge in [0.05, 0.1) is 13.1 Å². The molecule has 112 valence electrons. The first-order chi connectivity index (χ1) is 10.1. The Morgan fingerprint density at radius 2 is 2.00 bits per heavy atom. The highest BCUT2D eigenvalue weighted by atomic mass is 35.5. The predicted octanol–water partition coefficient (Wildman–Crippen LogP) is 3.68. The molecule has 0 aliphatic heterocycles. The van der Waals surface area contributed by atoms with Crippen molar-refractivity contribution in [1.82, 2.24) is 10.6 Å². The van der Waals surface area contributed by atoms with E-state index in [0.717, 1.165) is 10.6 Å². The lowest BCUT2D eigenvalue weighted by Gasteiger charge is -2.14. The van der Waals surface area contributed by atoms with Gasteiger partial charge in [-0.1, -0.05) is 23.7 Å². The second-order valence-electron chi connectivity index (χ2n) is 4.96. The van der Waals surface area contributed by atoms with Crippen molar-refractivity contribution in [2.45, 2.75) is 26.4 Å². The van der Waals surface area contributed by atoms with Gasteiger partial charge in [-0.05, 0) is 48.6 Å². The average Bonchev–Trinajstić information content (AvgIpc) is 2.88. The van der Waals surface area contributed by atoms with Crippen LogP contribution >= 0.6 is 22.9 Å². The molecule has 1 aromatic carbocycles. The Bertz CT molecular complexity index is 595. The number of halogens is 1. The summed E-state index contributed by atoms with van der Waals surface area (Å²) in [5, 5.41) is 8.90. The summed E-state index contributed by atoms with van der Waals surface area (Å²) in [5.74, 6) is 0.00335.